The first kappa shape index (κ1) is 12.6. The molecular formula is C17H13N3O2. The van der Waals surface area contributed by atoms with Crippen molar-refractivity contribution in [3.8, 4) is 17.3 Å². The summed E-state index contributed by atoms with van der Waals surface area (Å²) < 4.78 is 6.96. The fourth-order valence-electron chi connectivity index (χ4n) is 2.51. The van der Waals surface area contributed by atoms with Crippen molar-refractivity contribution in [3.63, 3.8) is 0 Å². The summed E-state index contributed by atoms with van der Waals surface area (Å²) >= 11 is 0. The Morgan fingerprint density at radius 2 is 1.86 bits per heavy atom. The first-order valence-electron chi connectivity index (χ1n) is 6.96. The minimum atomic E-state index is -0.204. The Morgan fingerprint density at radius 1 is 1.09 bits per heavy atom. The van der Waals surface area contributed by atoms with Crippen LogP contribution in [0.4, 0.5) is 0 Å². The smallest absolute Gasteiger partial charge is 0.325 e. The van der Waals surface area contributed by atoms with Crippen LogP contribution in [0.3, 0.4) is 0 Å². The van der Waals surface area contributed by atoms with Crippen LogP contribution in [0.25, 0.3) is 28.4 Å². The van der Waals surface area contributed by atoms with Crippen LogP contribution >= 0.6 is 0 Å². The zero-order valence-corrected chi connectivity index (χ0v) is 11.9. The lowest BCUT2D eigenvalue weighted by Gasteiger charge is -2.01. The van der Waals surface area contributed by atoms with Crippen LogP contribution in [-0.4, -0.2) is 14.8 Å². The second kappa shape index (κ2) is 4.73. The van der Waals surface area contributed by atoms with E-state index in [1.54, 1.807) is 6.07 Å². The number of para-hydroxylation sites is 2. The number of nitrogens with one attached hydrogen (secondary N) is 1. The molecule has 0 amide bonds. The monoisotopic (exact) mass is 291 g/mol. The lowest BCUT2D eigenvalue weighted by Crippen LogP contribution is -2.13. The Kier molecular flexibility index (Phi) is 2.72. The van der Waals surface area contributed by atoms with Gasteiger partial charge in [0.1, 0.15) is 5.52 Å². The van der Waals surface area contributed by atoms with Gasteiger partial charge in [-0.2, -0.15) is 9.67 Å². The van der Waals surface area contributed by atoms with Gasteiger partial charge in [0.15, 0.2) is 5.58 Å². The highest BCUT2D eigenvalue weighted by Gasteiger charge is 2.13. The van der Waals surface area contributed by atoms with Crippen molar-refractivity contribution in [1.82, 2.24) is 14.8 Å². The Labute approximate surface area is 125 Å². The van der Waals surface area contributed by atoms with E-state index >= 15 is 0 Å². The predicted molar refractivity (Wildman–Crippen MR) is 84.1 cm³/mol. The number of hydrogen-bond acceptors (Lipinski definition) is 3. The number of H-pyrrole nitrogens is 1. The molecule has 0 spiro atoms. The lowest BCUT2D eigenvalue weighted by molar-refractivity contribution is 0.537. The summed E-state index contributed by atoms with van der Waals surface area (Å²) in [6, 6.07) is 17.1. The number of aromatic nitrogens is 3. The van der Waals surface area contributed by atoms with Gasteiger partial charge in [-0.05, 0) is 24.6 Å². The Balaban J connectivity index is 1.87. The third-order valence-electron chi connectivity index (χ3n) is 3.63. The standard InChI is InChI=1S/C17H13N3O2/c1-11-6-2-3-7-12(11)14-10-16(21)20(19-14)17-18-13-8-4-5-9-15(13)22-17/h2-10,19H,1H3. The molecule has 0 bridgehead atoms. The van der Waals surface area contributed by atoms with E-state index in [0.29, 0.717) is 5.58 Å². The molecule has 0 aliphatic rings. The molecule has 0 aliphatic heterocycles. The maximum Gasteiger partial charge on any atom is 0.325 e. The normalized spacial score (nSPS) is 11.1. The largest absolute Gasteiger partial charge is 0.422 e. The lowest BCUT2D eigenvalue weighted by atomic mass is 10.1. The summed E-state index contributed by atoms with van der Waals surface area (Å²) in [5.41, 5.74) is 3.98. The van der Waals surface area contributed by atoms with Gasteiger partial charge in [0.25, 0.3) is 5.56 Å². The Morgan fingerprint density at radius 3 is 2.68 bits per heavy atom. The first-order chi connectivity index (χ1) is 10.7. The van der Waals surface area contributed by atoms with Crippen LogP contribution in [0, 0.1) is 6.92 Å². The minimum absolute atomic E-state index is 0.204. The molecule has 0 atom stereocenters. The number of nitrogens with zero attached hydrogens (tertiary/aromatic N) is 2. The van der Waals surface area contributed by atoms with E-state index in [2.05, 4.69) is 10.1 Å². The third-order valence-corrected chi connectivity index (χ3v) is 3.63. The highest BCUT2D eigenvalue weighted by molar-refractivity contribution is 5.73. The summed E-state index contributed by atoms with van der Waals surface area (Å²) in [6.45, 7) is 2.00. The number of aryl methyl sites for hydroxylation is 1. The van der Waals surface area contributed by atoms with Gasteiger partial charge in [-0.3, -0.25) is 9.89 Å². The van der Waals surface area contributed by atoms with Crippen LogP contribution in [0.15, 0.2) is 63.8 Å². The van der Waals surface area contributed by atoms with Crippen molar-refractivity contribution in [2.24, 2.45) is 0 Å². The predicted octanol–water partition coefficient (Wildman–Crippen LogP) is 3.28. The van der Waals surface area contributed by atoms with E-state index in [1.165, 1.54) is 4.68 Å². The molecule has 0 aliphatic carbocycles. The van der Waals surface area contributed by atoms with Crippen molar-refractivity contribution in [2.45, 2.75) is 6.92 Å². The average Bonchev–Trinajstić information content (AvgIpc) is 3.10. The van der Waals surface area contributed by atoms with E-state index in [1.807, 2.05) is 55.5 Å². The van der Waals surface area contributed by atoms with E-state index in [4.69, 9.17) is 4.42 Å². The molecule has 4 aromatic rings. The zero-order valence-electron chi connectivity index (χ0n) is 11.9. The molecule has 0 saturated heterocycles. The molecular weight excluding hydrogens is 278 g/mol. The quantitative estimate of drug-likeness (QED) is 0.616. The van der Waals surface area contributed by atoms with Crippen LogP contribution in [0.1, 0.15) is 5.56 Å². The Bertz CT molecular complexity index is 990. The molecule has 5 heteroatoms. The highest BCUT2D eigenvalue weighted by Crippen LogP contribution is 2.21. The van der Waals surface area contributed by atoms with E-state index in [-0.39, 0.29) is 11.6 Å². The van der Waals surface area contributed by atoms with Crippen LogP contribution in [0.5, 0.6) is 0 Å². The number of oxazole rings is 1. The van der Waals surface area contributed by atoms with Gasteiger partial charge in [-0.15, -0.1) is 0 Å². The Hall–Kier alpha value is -3.08. The maximum absolute atomic E-state index is 12.2. The highest BCUT2D eigenvalue weighted by atomic mass is 16.4. The van der Waals surface area contributed by atoms with Crippen molar-refractivity contribution in [3.05, 3.63) is 70.5 Å². The van der Waals surface area contributed by atoms with Crippen molar-refractivity contribution < 1.29 is 4.42 Å². The molecule has 0 radical (unpaired) electrons. The van der Waals surface area contributed by atoms with Crippen molar-refractivity contribution >= 4 is 11.1 Å². The van der Waals surface area contributed by atoms with Crippen LogP contribution in [0.2, 0.25) is 0 Å². The molecule has 108 valence electrons. The van der Waals surface area contributed by atoms with Crippen molar-refractivity contribution in [1.29, 1.82) is 0 Å². The van der Waals surface area contributed by atoms with E-state index < -0.39 is 0 Å². The average molecular weight is 291 g/mol. The molecule has 0 unspecified atom stereocenters. The van der Waals surface area contributed by atoms with Gasteiger partial charge in [-0.25, -0.2) is 0 Å². The number of rotatable bonds is 2. The second-order valence-electron chi connectivity index (χ2n) is 5.12. The van der Waals surface area contributed by atoms with Gasteiger partial charge < -0.3 is 4.42 Å². The first-order valence-corrected chi connectivity index (χ1v) is 6.96. The second-order valence-corrected chi connectivity index (χ2v) is 5.12. The summed E-state index contributed by atoms with van der Waals surface area (Å²) in [6.07, 6.45) is 0. The van der Waals surface area contributed by atoms with E-state index in [0.717, 1.165) is 22.3 Å². The van der Waals surface area contributed by atoms with Gasteiger partial charge in [0.05, 0.1) is 5.69 Å². The number of hydrogen-bond donors (Lipinski definition) is 1. The zero-order chi connectivity index (χ0) is 15.1. The molecule has 1 N–H and O–H groups in total. The molecule has 2 heterocycles. The topological polar surface area (TPSA) is 63.8 Å². The molecule has 4 rings (SSSR count). The maximum atomic E-state index is 12.2. The van der Waals surface area contributed by atoms with Crippen LogP contribution < -0.4 is 5.56 Å². The summed E-state index contributed by atoms with van der Waals surface area (Å²) in [7, 11) is 0. The summed E-state index contributed by atoms with van der Waals surface area (Å²) in [4.78, 5) is 16.6. The fourth-order valence-corrected chi connectivity index (χ4v) is 2.51. The fraction of sp³-hybridized carbons (Fsp3) is 0.0588. The molecule has 0 fully saturated rings. The van der Waals surface area contributed by atoms with Gasteiger partial charge in [-0.1, -0.05) is 36.4 Å². The van der Waals surface area contributed by atoms with Crippen molar-refractivity contribution in [2.75, 3.05) is 0 Å². The number of benzene rings is 2. The van der Waals surface area contributed by atoms with E-state index in [9.17, 15) is 4.79 Å². The third kappa shape index (κ3) is 1.95. The molecule has 0 saturated carbocycles. The number of fused-ring (bicyclic) bond motifs is 1. The van der Waals surface area contributed by atoms with Crippen LogP contribution in [-0.2, 0) is 0 Å². The number of aromatic amines is 1. The summed E-state index contributed by atoms with van der Waals surface area (Å²) in [5.74, 6) is 0. The van der Waals surface area contributed by atoms with Gasteiger partial charge >= 0.3 is 6.01 Å². The minimum Gasteiger partial charge on any atom is -0.422 e. The SMILES string of the molecule is Cc1ccccc1-c1cc(=O)n(-c2nc3ccccc3o2)[nH]1. The molecule has 2 aromatic carbocycles. The summed E-state index contributed by atoms with van der Waals surface area (Å²) in [5, 5.41) is 3.06. The molecule has 2 aromatic heterocycles. The molecule has 5 nitrogen and oxygen atoms in total. The van der Waals surface area contributed by atoms with Gasteiger partial charge in [0.2, 0.25) is 0 Å². The molecule has 22 heavy (non-hydrogen) atoms. The van der Waals surface area contributed by atoms with Gasteiger partial charge in [0, 0.05) is 11.6 Å².